The molecule has 0 saturated carbocycles. The zero-order valence-electron chi connectivity index (χ0n) is 16.8. The van der Waals surface area contributed by atoms with Crippen LogP contribution >= 0.6 is 35.3 Å². The molecule has 2 aromatic rings. The third-order valence-electron chi connectivity index (χ3n) is 4.36. The molecule has 2 N–H and O–H groups in total. The summed E-state index contributed by atoms with van der Waals surface area (Å²) in [5.74, 6) is 0.797. The third kappa shape index (κ3) is 8.15. The van der Waals surface area contributed by atoms with E-state index in [0.29, 0.717) is 6.54 Å². The molecule has 5 nitrogen and oxygen atoms in total. The standard InChI is InChI=1S/C20H31N5S.HI/c1-5-18-13-22-19(26-18)14-24-20(21-4)23-12-16-8-10-17(11-9-16)15-25(6-2)7-3;/h8-11,13H,5-7,12,14-15H2,1-4H3,(H2,21,23,24);1H. The molecule has 0 aliphatic rings. The van der Waals surface area contributed by atoms with Gasteiger partial charge in [-0.05, 0) is 30.6 Å². The maximum Gasteiger partial charge on any atom is 0.191 e. The third-order valence-corrected chi connectivity index (χ3v) is 5.51. The number of benzene rings is 1. The van der Waals surface area contributed by atoms with Gasteiger partial charge in [0.15, 0.2) is 5.96 Å². The minimum Gasteiger partial charge on any atom is -0.352 e. The number of thiazole rings is 1. The molecule has 0 bridgehead atoms. The quantitative estimate of drug-likeness (QED) is 0.310. The van der Waals surface area contributed by atoms with Gasteiger partial charge in [-0.25, -0.2) is 4.98 Å². The van der Waals surface area contributed by atoms with Crippen molar-refractivity contribution in [2.45, 2.75) is 46.8 Å². The Kier molecular flexibility index (Phi) is 11.5. The molecule has 0 radical (unpaired) electrons. The van der Waals surface area contributed by atoms with Crippen molar-refractivity contribution in [1.82, 2.24) is 20.5 Å². The highest BCUT2D eigenvalue weighted by atomic mass is 127. The number of hydrogen-bond donors (Lipinski definition) is 2. The van der Waals surface area contributed by atoms with E-state index in [1.165, 1.54) is 16.0 Å². The van der Waals surface area contributed by atoms with Gasteiger partial charge in [-0.2, -0.15) is 0 Å². The van der Waals surface area contributed by atoms with Gasteiger partial charge in [0, 0.05) is 31.2 Å². The monoisotopic (exact) mass is 501 g/mol. The van der Waals surface area contributed by atoms with Crippen LogP contribution in [-0.4, -0.2) is 36.0 Å². The summed E-state index contributed by atoms with van der Waals surface area (Å²) in [7, 11) is 1.79. The molecule has 2 rings (SSSR count). The molecule has 0 saturated heterocycles. The Balaban J connectivity index is 0.00000364. The second-order valence-electron chi connectivity index (χ2n) is 6.13. The van der Waals surface area contributed by atoms with Gasteiger partial charge in [0.2, 0.25) is 0 Å². The molecule has 1 aromatic carbocycles. The van der Waals surface area contributed by atoms with E-state index < -0.39 is 0 Å². The van der Waals surface area contributed by atoms with E-state index >= 15 is 0 Å². The molecule has 27 heavy (non-hydrogen) atoms. The van der Waals surface area contributed by atoms with E-state index in [1.807, 2.05) is 6.20 Å². The molecule has 0 aliphatic heterocycles. The average molecular weight is 501 g/mol. The summed E-state index contributed by atoms with van der Waals surface area (Å²) >= 11 is 1.75. The summed E-state index contributed by atoms with van der Waals surface area (Å²) in [5.41, 5.74) is 2.61. The number of aliphatic imine (C=N–C) groups is 1. The van der Waals surface area contributed by atoms with Crippen LogP contribution in [0, 0.1) is 0 Å². The van der Waals surface area contributed by atoms with Crippen molar-refractivity contribution in [1.29, 1.82) is 0 Å². The van der Waals surface area contributed by atoms with Gasteiger partial charge in [0.25, 0.3) is 0 Å². The van der Waals surface area contributed by atoms with Crippen molar-refractivity contribution in [3.8, 4) is 0 Å². The average Bonchev–Trinajstić information content (AvgIpc) is 3.15. The summed E-state index contributed by atoms with van der Waals surface area (Å²) in [6.07, 6.45) is 2.99. The van der Waals surface area contributed by atoms with Gasteiger partial charge in [0.1, 0.15) is 5.01 Å². The minimum atomic E-state index is 0. The lowest BCUT2D eigenvalue weighted by Gasteiger charge is -2.18. The van der Waals surface area contributed by atoms with Crippen LogP contribution in [0.2, 0.25) is 0 Å². The fraction of sp³-hybridized carbons (Fsp3) is 0.500. The summed E-state index contributed by atoms with van der Waals surface area (Å²) in [6.45, 7) is 11.2. The molecule has 7 heteroatoms. The molecule has 1 heterocycles. The molecule has 150 valence electrons. The van der Waals surface area contributed by atoms with Crippen LogP contribution in [0.25, 0.3) is 0 Å². The summed E-state index contributed by atoms with van der Waals surface area (Å²) in [5, 5.41) is 7.78. The van der Waals surface area contributed by atoms with Gasteiger partial charge >= 0.3 is 0 Å². The molecular formula is C20H32IN5S. The van der Waals surface area contributed by atoms with E-state index in [4.69, 9.17) is 0 Å². The van der Waals surface area contributed by atoms with Gasteiger partial charge in [0.05, 0.1) is 6.54 Å². The van der Waals surface area contributed by atoms with Crippen molar-refractivity contribution in [3.05, 3.63) is 51.5 Å². The summed E-state index contributed by atoms with van der Waals surface area (Å²) in [6, 6.07) is 8.81. The zero-order valence-corrected chi connectivity index (χ0v) is 19.9. The predicted molar refractivity (Wildman–Crippen MR) is 127 cm³/mol. The Morgan fingerprint density at radius 1 is 1.04 bits per heavy atom. The topological polar surface area (TPSA) is 52.6 Å². The van der Waals surface area contributed by atoms with Crippen molar-refractivity contribution < 1.29 is 0 Å². The first-order valence-corrected chi connectivity index (χ1v) is 10.2. The number of halogens is 1. The lowest BCUT2D eigenvalue weighted by molar-refractivity contribution is 0.296. The van der Waals surface area contributed by atoms with Gasteiger partial charge in [-0.1, -0.05) is 45.0 Å². The number of nitrogens with one attached hydrogen (secondary N) is 2. The molecule has 0 fully saturated rings. The molecule has 0 unspecified atom stereocenters. The van der Waals surface area contributed by atoms with Gasteiger partial charge in [-0.3, -0.25) is 9.89 Å². The van der Waals surface area contributed by atoms with Crippen LogP contribution in [0.4, 0.5) is 0 Å². The van der Waals surface area contributed by atoms with E-state index in [1.54, 1.807) is 18.4 Å². The van der Waals surface area contributed by atoms with Crippen LogP contribution in [0.1, 0.15) is 41.8 Å². The normalized spacial score (nSPS) is 11.4. The zero-order chi connectivity index (χ0) is 18.8. The van der Waals surface area contributed by atoms with Crippen molar-refractivity contribution in [2.75, 3.05) is 20.1 Å². The van der Waals surface area contributed by atoms with Gasteiger partial charge in [-0.15, -0.1) is 35.3 Å². The second-order valence-corrected chi connectivity index (χ2v) is 7.33. The number of hydrogen-bond acceptors (Lipinski definition) is 4. The minimum absolute atomic E-state index is 0. The lowest BCUT2D eigenvalue weighted by atomic mass is 10.1. The Hall–Kier alpha value is -1.19. The maximum atomic E-state index is 4.43. The number of rotatable bonds is 9. The number of nitrogens with zero attached hydrogens (tertiary/aromatic N) is 3. The van der Waals surface area contributed by atoms with E-state index in [9.17, 15) is 0 Å². The Bertz CT molecular complexity index is 680. The van der Waals surface area contributed by atoms with Crippen molar-refractivity contribution in [2.24, 2.45) is 4.99 Å². The highest BCUT2D eigenvalue weighted by Gasteiger charge is 2.04. The Labute approximate surface area is 184 Å². The van der Waals surface area contributed by atoms with Crippen LogP contribution in [-0.2, 0) is 26.1 Å². The summed E-state index contributed by atoms with van der Waals surface area (Å²) < 4.78 is 0. The Morgan fingerprint density at radius 2 is 1.67 bits per heavy atom. The largest absolute Gasteiger partial charge is 0.352 e. The van der Waals surface area contributed by atoms with Crippen molar-refractivity contribution in [3.63, 3.8) is 0 Å². The first kappa shape index (κ1) is 23.8. The van der Waals surface area contributed by atoms with E-state index in [-0.39, 0.29) is 24.0 Å². The van der Waals surface area contributed by atoms with Gasteiger partial charge < -0.3 is 10.6 Å². The fourth-order valence-electron chi connectivity index (χ4n) is 2.63. The lowest BCUT2D eigenvalue weighted by Crippen LogP contribution is -2.36. The summed E-state index contributed by atoms with van der Waals surface area (Å²) in [4.78, 5) is 12.4. The number of aryl methyl sites for hydroxylation is 1. The van der Waals surface area contributed by atoms with E-state index in [2.05, 4.69) is 70.5 Å². The smallest absolute Gasteiger partial charge is 0.191 e. The van der Waals surface area contributed by atoms with Crippen LogP contribution in [0.5, 0.6) is 0 Å². The highest BCUT2D eigenvalue weighted by Crippen LogP contribution is 2.12. The Morgan fingerprint density at radius 3 is 2.22 bits per heavy atom. The van der Waals surface area contributed by atoms with Crippen LogP contribution < -0.4 is 10.6 Å². The fourth-order valence-corrected chi connectivity index (χ4v) is 3.43. The van der Waals surface area contributed by atoms with Crippen LogP contribution in [0.15, 0.2) is 35.5 Å². The van der Waals surface area contributed by atoms with E-state index in [0.717, 1.165) is 43.6 Å². The number of aromatic nitrogens is 1. The molecule has 0 spiro atoms. The molecule has 0 atom stereocenters. The number of guanidine groups is 1. The first-order valence-electron chi connectivity index (χ1n) is 9.36. The molecular weight excluding hydrogens is 469 g/mol. The highest BCUT2D eigenvalue weighted by molar-refractivity contribution is 14.0. The van der Waals surface area contributed by atoms with Crippen LogP contribution in [0.3, 0.4) is 0 Å². The predicted octanol–water partition coefficient (Wildman–Crippen LogP) is 4.03. The SMILES string of the molecule is CCc1cnc(CNC(=NC)NCc2ccc(CN(CC)CC)cc2)s1.I. The molecule has 0 amide bonds. The molecule has 0 aliphatic carbocycles. The first-order chi connectivity index (χ1) is 12.7. The second kappa shape index (κ2) is 13.1. The van der Waals surface area contributed by atoms with Crippen molar-refractivity contribution >= 4 is 41.3 Å². The maximum absolute atomic E-state index is 4.43. The molecule has 1 aromatic heterocycles.